The fourth-order valence-corrected chi connectivity index (χ4v) is 1.96. The van der Waals surface area contributed by atoms with Crippen molar-refractivity contribution in [1.29, 1.82) is 0 Å². The molecule has 1 amide bonds. The van der Waals surface area contributed by atoms with Crippen LogP contribution in [-0.4, -0.2) is 19.1 Å². The molecule has 2 rings (SSSR count). The number of carbonyl (C=O) groups excluding carboxylic acids is 1. The Morgan fingerprint density at radius 1 is 1.10 bits per heavy atom. The summed E-state index contributed by atoms with van der Waals surface area (Å²) < 4.78 is 5.11. The second-order valence-corrected chi connectivity index (χ2v) is 4.90. The van der Waals surface area contributed by atoms with E-state index in [0.29, 0.717) is 0 Å². The molecule has 21 heavy (non-hydrogen) atoms. The van der Waals surface area contributed by atoms with Crippen molar-refractivity contribution in [2.75, 3.05) is 17.7 Å². The lowest BCUT2D eigenvalue weighted by Gasteiger charge is -2.16. The van der Waals surface area contributed by atoms with E-state index in [1.54, 1.807) is 7.11 Å². The zero-order valence-corrected chi connectivity index (χ0v) is 12.5. The first-order valence-corrected chi connectivity index (χ1v) is 6.87. The van der Waals surface area contributed by atoms with Gasteiger partial charge in [-0.2, -0.15) is 0 Å². The van der Waals surface area contributed by atoms with Gasteiger partial charge in [-0.1, -0.05) is 18.2 Å². The van der Waals surface area contributed by atoms with Crippen LogP contribution in [0.3, 0.4) is 0 Å². The summed E-state index contributed by atoms with van der Waals surface area (Å²) >= 11 is 0. The van der Waals surface area contributed by atoms with Crippen LogP contribution in [0.15, 0.2) is 48.5 Å². The van der Waals surface area contributed by atoms with Crippen LogP contribution in [-0.2, 0) is 4.79 Å². The van der Waals surface area contributed by atoms with E-state index in [1.807, 2.05) is 62.4 Å². The molecule has 0 aliphatic heterocycles. The lowest BCUT2D eigenvalue weighted by Crippen LogP contribution is -2.32. The van der Waals surface area contributed by atoms with Gasteiger partial charge in [0.25, 0.3) is 0 Å². The molecule has 1 atom stereocenters. The molecule has 110 valence electrons. The number of carbonyl (C=O) groups is 1. The molecule has 0 radical (unpaired) electrons. The van der Waals surface area contributed by atoms with E-state index in [9.17, 15) is 4.79 Å². The van der Waals surface area contributed by atoms with Crippen LogP contribution in [0.25, 0.3) is 0 Å². The number of hydrogen-bond donors (Lipinski definition) is 2. The maximum atomic E-state index is 12.2. The van der Waals surface area contributed by atoms with Gasteiger partial charge in [0.15, 0.2) is 0 Å². The maximum Gasteiger partial charge on any atom is 0.246 e. The molecular formula is C17H20N2O2. The first-order chi connectivity index (χ1) is 10.1. The van der Waals surface area contributed by atoms with Crippen molar-refractivity contribution in [1.82, 2.24) is 0 Å². The molecule has 2 N–H and O–H groups in total. The van der Waals surface area contributed by atoms with Crippen molar-refractivity contribution in [3.63, 3.8) is 0 Å². The molecule has 0 aliphatic carbocycles. The summed E-state index contributed by atoms with van der Waals surface area (Å²) in [5.74, 6) is 0.720. The first-order valence-electron chi connectivity index (χ1n) is 6.87. The van der Waals surface area contributed by atoms with E-state index in [0.717, 1.165) is 22.7 Å². The van der Waals surface area contributed by atoms with Gasteiger partial charge in [-0.15, -0.1) is 0 Å². The van der Waals surface area contributed by atoms with E-state index >= 15 is 0 Å². The minimum atomic E-state index is -0.335. The Balaban J connectivity index is 1.97. The van der Waals surface area contributed by atoms with Crippen LogP contribution in [0, 0.1) is 6.92 Å². The molecule has 0 saturated heterocycles. The second kappa shape index (κ2) is 6.79. The highest BCUT2D eigenvalue weighted by Crippen LogP contribution is 2.17. The highest BCUT2D eigenvalue weighted by molar-refractivity contribution is 5.96. The number of benzene rings is 2. The van der Waals surface area contributed by atoms with Crippen LogP contribution >= 0.6 is 0 Å². The normalized spacial score (nSPS) is 11.6. The van der Waals surface area contributed by atoms with E-state index in [-0.39, 0.29) is 11.9 Å². The monoisotopic (exact) mass is 284 g/mol. The number of anilines is 2. The van der Waals surface area contributed by atoms with Gasteiger partial charge in [-0.05, 0) is 49.7 Å². The molecule has 0 saturated carbocycles. The molecule has 0 heterocycles. The van der Waals surface area contributed by atoms with Crippen molar-refractivity contribution in [2.45, 2.75) is 19.9 Å². The number of nitrogens with one attached hydrogen (secondary N) is 2. The van der Waals surface area contributed by atoms with E-state index in [1.165, 1.54) is 0 Å². The van der Waals surface area contributed by atoms with Crippen LogP contribution < -0.4 is 15.4 Å². The number of hydrogen-bond acceptors (Lipinski definition) is 3. The summed E-state index contributed by atoms with van der Waals surface area (Å²) in [6, 6.07) is 14.9. The SMILES string of the molecule is COc1ccc(NC(C)C(=O)Nc2ccccc2C)cc1. The zero-order chi connectivity index (χ0) is 15.2. The summed E-state index contributed by atoms with van der Waals surface area (Å²) in [6.45, 7) is 3.80. The van der Waals surface area contributed by atoms with Gasteiger partial charge < -0.3 is 15.4 Å². The standard InChI is InChI=1S/C17H20N2O2/c1-12-6-4-5-7-16(12)19-17(20)13(2)18-14-8-10-15(21-3)11-9-14/h4-11,13,18H,1-3H3,(H,19,20). The summed E-state index contributed by atoms with van der Waals surface area (Å²) in [4.78, 5) is 12.2. The Bertz CT molecular complexity index is 608. The number of rotatable bonds is 5. The number of ether oxygens (including phenoxy) is 1. The summed E-state index contributed by atoms with van der Waals surface area (Å²) in [6.07, 6.45) is 0. The molecule has 0 aliphatic rings. The molecular weight excluding hydrogens is 264 g/mol. The molecule has 4 nitrogen and oxygen atoms in total. The van der Waals surface area contributed by atoms with Gasteiger partial charge in [0.05, 0.1) is 7.11 Å². The predicted octanol–water partition coefficient (Wildman–Crippen LogP) is 3.44. The van der Waals surface area contributed by atoms with Gasteiger partial charge in [0, 0.05) is 11.4 Å². The third-order valence-electron chi connectivity index (χ3n) is 3.27. The van der Waals surface area contributed by atoms with Gasteiger partial charge in [-0.25, -0.2) is 0 Å². The summed E-state index contributed by atoms with van der Waals surface area (Å²) in [7, 11) is 1.63. The molecule has 2 aromatic carbocycles. The predicted molar refractivity (Wildman–Crippen MR) is 85.9 cm³/mol. The maximum absolute atomic E-state index is 12.2. The second-order valence-electron chi connectivity index (χ2n) is 4.90. The lowest BCUT2D eigenvalue weighted by molar-refractivity contribution is -0.116. The highest BCUT2D eigenvalue weighted by Gasteiger charge is 2.13. The molecule has 0 spiro atoms. The molecule has 4 heteroatoms. The largest absolute Gasteiger partial charge is 0.497 e. The number of aryl methyl sites for hydroxylation is 1. The number of amides is 1. The zero-order valence-electron chi connectivity index (χ0n) is 12.5. The van der Waals surface area contributed by atoms with Crippen molar-refractivity contribution < 1.29 is 9.53 Å². The van der Waals surface area contributed by atoms with Crippen LogP contribution in [0.1, 0.15) is 12.5 Å². The van der Waals surface area contributed by atoms with Gasteiger partial charge in [-0.3, -0.25) is 4.79 Å². The Morgan fingerprint density at radius 3 is 2.38 bits per heavy atom. The van der Waals surface area contributed by atoms with Crippen molar-refractivity contribution >= 4 is 17.3 Å². The average molecular weight is 284 g/mol. The van der Waals surface area contributed by atoms with Crippen molar-refractivity contribution in [3.05, 3.63) is 54.1 Å². The Hall–Kier alpha value is -2.49. The average Bonchev–Trinajstić information content (AvgIpc) is 2.50. The van der Waals surface area contributed by atoms with Gasteiger partial charge in [0.1, 0.15) is 11.8 Å². The molecule has 0 fully saturated rings. The van der Waals surface area contributed by atoms with Crippen LogP contribution in [0.2, 0.25) is 0 Å². The minimum Gasteiger partial charge on any atom is -0.497 e. The highest BCUT2D eigenvalue weighted by atomic mass is 16.5. The topological polar surface area (TPSA) is 50.4 Å². The molecule has 0 bridgehead atoms. The molecule has 0 aromatic heterocycles. The molecule has 1 unspecified atom stereocenters. The Morgan fingerprint density at radius 2 is 1.76 bits per heavy atom. The van der Waals surface area contributed by atoms with E-state index in [2.05, 4.69) is 10.6 Å². The first kappa shape index (κ1) is 14.9. The fraction of sp³-hybridized carbons (Fsp3) is 0.235. The minimum absolute atomic E-state index is 0.0693. The quantitative estimate of drug-likeness (QED) is 0.884. The fourth-order valence-electron chi connectivity index (χ4n) is 1.96. The number of para-hydroxylation sites is 1. The third-order valence-corrected chi connectivity index (χ3v) is 3.27. The van der Waals surface area contributed by atoms with Gasteiger partial charge >= 0.3 is 0 Å². The van der Waals surface area contributed by atoms with Gasteiger partial charge in [0.2, 0.25) is 5.91 Å². The molecule has 2 aromatic rings. The van der Waals surface area contributed by atoms with E-state index < -0.39 is 0 Å². The summed E-state index contributed by atoms with van der Waals surface area (Å²) in [5, 5.41) is 6.09. The summed E-state index contributed by atoms with van der Waals surface area (Å²) in [5.41, 5.74) is 2.76. The Labute approximate surface area is 125 Å². The van der Waals surface area contributed by atoms with Crippen LogP contribution in [0.4, 0.5) is 11.4 Å². The van der Waals surface area contributed by atoms with Crippen molar-refractivity contribution in [3.8, 4) is 5.75 Å². The smallest absolute Gasteiger partial charge is 0.246 e. The van der Waals surface area contributed by atoms with Crippen LogP contribution in [0.5, 0.6) is 5.75 Å². The lowest BCUT2D eigenvalue weighted by atomic mass is 10.2. The van der Waals surface area contributed by atoms with E-state index in [4.69, 9.17) is 4.74 Å². The third kappa shape index (κ3) is 3.99. The Kier molecular flexibility index (Phi) is 4.82. The van der Waals surface area contributed by atoms with Crippen molar-refractivity contribution in [2.24, 2.45) is 0 Å². The number of methoxy groups -OCH3 is 1.